The van der Waals surface area contributed by atoms with Gasteiger partial charge in [-0.15, -0.1) is 0 Å². The molecule has 2 heterocycles. The van der Waals surface area contributed by atoms with Crippen molar-refractivity contribution in [1.82, 2.24) is 19.9 Å². The van der Waals surface area contributed by atoms with E-state index in [0.717, 1.165) is 0 Å². The summed E-state index contributed by atoms with van der Waals surface area (Å²) in [6.07, 6.45) is 0. The average Bonchev–Trinajstić information content (AvgIpc) is 2.29. The van der Waals surface area contributed by atoms with Crippen LogP contribution in [-0.4, -0.2) is 31.5 Å². The van der Waals surface area contributed by atoms with E-state index in [4.69, 9.17) is 23.2 Å². The Balaban J connectivity index is 2.83. The molecule has 0 N–H and O–H groups in total. The summed E-state index contributed by atoms with van der Waals surface area (Å²) in [6, 6.07) is 0. The van der Waals surface area contributed by atoms with Crippen molar-refractivity contribution in [3.63, 3.8) is 0 Å². The number of ketones is 2. The highest BCUT2D eigenvalue weighted by Gasteiger charge is 2.16. The van der Waals surface area contributed by atoms with Gasteiger partial charge < -0.3 is 0 Å². The van der Waals surface area contributed by atoms with Crippen molar-refractivity contribution in [3.8, 4) is 0 Å². The first-order chi connectivity index (χ1) is 8.40. The fourth-order valence-corrected chi connectivity index (χ4v) is 1.69. The monoisotopic (exact) mass is 284 g/mol. The molecule has 92 valence electrons. The number of aromatic nitrogens is 4. The van der Waals surface area contributed by atoms with Crippen molar-refractivity contribution in [2.75, 3.05) is 0 Å². The fraction of sp³-hybridized carbons (Fsp3) is 0.200. The first-order valence-corrected chi connectivity index (χ1v) is 5.58. The summed E-state index contributed by atoms with van der Waals surface area (Å²) in [5, 5.41) is -0.0889. The molecule has 2 aromatic heterocycles. The largest absolute Gasteiger partial charge is 0.291 e. The highest BCUT2D eigenvalue weighted by Crippen LogP contribution is 2.23. The van der Waals surface area contributed by atoms with Crippen LogP contribution in [0.1, 0.15) is 35.1 Å². The van der Waals surface area contributed by atoms with Crippen LogP contribution in [-0.2, 0) is 0 Å². The number of nitrogens with zero attached hydrogens (tertiary/aromatic N) is 4. The zero-order chi connectivity index (χ0) is 13.4. The Morgan fingerprint density at radius 3 is 1.39 bits per heavy atom. The minimum Gasteiger partial charge on any atom is -0.291 e. The molecule has 6 nitrogen and oxygen atoms in total. The first-order valence-electron chi connectivity index (χ1n) is 4.83. The molecule has 0 saturated heterocycles. The smallest absolute Gasteiger partial charge is 0.197 e. The van der Waals surface area contributed by atoms with Gasteiger partial charge in [-0.05, 0) is 0 Å². The zero-order valence-corrected chi connectivity index (χ0v) is 10.9. The van der Waals surface area contributed by atoms with Gasteiger partial charge in [0, 0.05) is 13.8 Å². The lowest BCUT2D eigenvalue weighted by Crippen LogP contribution is -2.07. The lowest BCUT2D eigenvalue weighted by molar-refractivity contribution is 0.0995. The highest BCUT2D eigenvalue weighted by molar-refractivity contribution is 6.37. The van der Waals surface area contributed by atoms with Crippen LogP contribution in [0.3, 0.4) is 0 Å². The summed E-state index contributed by atoms with van der Waals surface area (Å²) in [6.45, 7) is 2.60. The molecule has 0 radical (unpaired) electrons. The molecule has 0 fully saturated rings. The second-order valence-electron chi connectivity index (χ2n) is 3.49. The van der Waals surface area contributed by atoms with Crippen molar-refractivity contribution in [2.45, 2.75) is 13.8 Å². The maximum Gasteiger partial charge on any atom is 0.197 e. The Morgan fingerprint density at radius 2 is 1.11 bits per heavy atom. The van der Waals surface area contributed by atoms with Crippen LogP contribution in [0.4, 0.5) is 0 Å². The van der Waals surface area contributed by atoms with E-state index in [-0.39, 0.29) is 44.6 Å². The second kappa shape index (κ2) is 4.55. The number of hydrogen-bond donors (Lipinski definition) is 0. The molecule has 0 unspecified atom stereocenters. The van der Waals surface area contributed by atoms with E-state index in [0.29, 0.717) is 0 Å². The molecule has 0 aliphatic carbocycles. The van der Waals surface area contributed by atoms with Gasteiger partial charge in [-0.25, -0.2) is 19.9 Å². The van der Waals surface area contributed by atoms with Gasteiger partial charge >= 0.3 is 0 Å². The van der Waals surface area contributed by atoms with Crippen molar-refractivity contribution in [2.24, 2.45) is 0 Å². The van der Waals surface area contributed by atoms with Crippen LogP contribution < -0.4 is 0 Å². The van der Waals surface area contributed by atoms with E-state index in [9.17, 15) is 9.59 Å². The Hall–Kier alpha value is -1.66. The first kappa shape index (κ1) is 12.8. The van der Waals surface area contributed by atoms with Crippen molar-refractivity contribution in [1.29, 1.82) is 0 Å². The summed E-state index contributed by atoms with van der Waals surface area (Å²) in [5.41, 5.74) is 0.290. The van der Waals surface area contributed by atoms with E-state index in [1.165, 1.54) is 13.8 Å². The highest BCUT2D eigenvalue weighted by atomic mass is 35.5. The molecular formula is C10H6Cl2N4O2. The van der Waals surface area contributed by atoms with Crippen molar-refractivity contribution < 1.29 is 9.59 Å². The summed E-state index contributed by atoms with van der Waals surface area (Å²) in [4.78, 5) is 37.8. The normalized spacial score (nSPS) is 10.7. The predicted molar refractivity (Wildman–Crippen MR) is 65.2 cm³/mol. The number of rotatable bonds is 2. The maximum atomic E-state index is 11.2. The topological polar surface area (TPSA) is 85.7 Å². The van der Waals surface area contributed by atoms with E-state index >= 15 is 0 Å². The Bertz CT molecular complexity index is 628. The summed E-state index contributed by atoms with van der Waals surface area (Å²) < 4.78 is 0. The third-order valence-electron chi connectivity index (χ3n) is 2.09. The number of halogens is 2. The molecule has 0 amide bonds. The third-order valence-corrected chi connectivity index (χ3v) is 2.62. The van der Waals surface area contributed by atoms with Gasteiger partial charge in [0.25, 0.3) is 0 Å². The molecule has 0 aromatic carbocycles. The molecule has 0 saturated carbocycles. The molecule has 18 heavy (non-hydrogen) atoms. The zero-order valence-electron chi connectivity index (χ0n) is 9.36. The predicted octanol–water partition coefficient (Wildman–Crippen LogP) is 2.13. The van der Waals surface area contributed by atoms with E-state index in [2.05, 4.69) is 19.9 Å². The lowest BCUT2D eigenvalue weighted by Gasteiger charge is -2.04. The van der Waals surface area contributed by atoms with E-state index in [1.54, 1.807) is 0 Å². The molecule has 0 aliphatic rings. The molecule has 0 atom stereocenters. The number of fused-ring (bicyclic) bond motifs is 1. The summed E-state index contributed by atoms with van der Waals surface area (Å²) in [7, 11) is 0. The maximum absolute atomic E-state index is 11.2. The molecule has 8 heteroatoms. The van der Waals surface area contributed by atoms with Gasteiger partial charge in [0.05, 0.1) is 0 Å². The van der Waals surface area contributed by atoms with Gasteiger partial charge in [-0.3, -0.25) is 9.59 Å². The Morgan fingerprint density at radius 1 is 0.778 bits per heavy atom. The van der Waals surface area contributed by atoms with Crippen LogP contribution in [0, 0.1) is 0 Å². The number of carbonyl (C=O) groups excluding carboxylic acids is 2. The van der Waals surface area contributed by atoms with E-state index < -0.39 is 0 Å². The molecule has 2 aromatic rings. The average molecular weight is 285 g/mol. The number of hydrogen-bond acceptors (Lipinski definition) is 6. The van der Waals surface area contributed by atoms with Crippen LogP contribution in [0.5, 0.6) is 0 Å². The summed E-state index contributed by atoms with van der Waals surface area (Å²) in [5.74, 6) is -0.863. The quantitative estimate of drug-likeness (QED) is 0.620. The molecular weight excluding hydrogens is 279 g/mol. The Labute approximate surface area is 111 Å². The molecule has 0 spiro atoms. The van der Waals surface area contributed by atoms with Gasteiger partial charge in [0.2, 0.25) is 0 Å². The van der Waals surface area contributed by atoms with Crippen LogP contribution in [0.15, 0.2) is 0 Å². The lowest BCUT2D eigenvalue weighted by atomic mass is 10.3. The number of carbonyl (C=O) groups is 2. The van der Waals surface area contributed by atoms with Crippen LogP contribution in [0.25, 0.3) is 11.0 Å². The van der Waals surface area contributed by atoms with E-state index in [1.807, 2.05) is 0 Å². The van der Waals surface area contributed by atoms with Crippen LogP contribution >= 0.6 is 23.2 Å². The molecule has 0 bridgehead atoms. The van der Waals surface area contributed by atoms with Gasteiger partial charge in [0.15, 0.2) is 33.5 Å². The van der Waals surface area contributed by atoms with Gasteiger partial charge in [0.1, 0.15) is 11.0 Å². The van der Waals surface area contributed by atoms with Gasteiger partial charge in [-0.1, -0.05) is 23.2 Å². The molecule has 2 rings (SSSR count). The van der Waals surface area contributed by atoms with Crippen molar-refractivity contribution in [3.05, 3.63) is 22.0 Å². The Kier molecular flexibility index (Phi) is 3.23. The second-order valence-corrected chi connectivity index (χ2v) is 4.20. The van der Waals surface area contributed by atoms with Crippen LogP contribution in [0.2, 0.25) is 10.3 Å². The molecule has 0 aliphatic heterocycles. The minimum atomic E-state index is -0.356. The van der Waals surface area contributed by atoms with Gasteiger partial charge in [-0.2, -0.15) is 0 Å². The number of Topliss-reactive ketones (excluding diaryl/α,β-unsaturated/α-hetero) is 2. The fourth-order valence-electron chi connectivity index (χ4n) is 1.26. The van der Waals surface area contributed by atoms with Crippen molar-refractivity contribution >= 4 is 45.8 Å². The minimum absolute atomic E-state index is 0.0444. The summed E-state index contributed by atoms with van der Waals surface area (Å²) >= 11 is 11.8. The SMILES string of the molecule is CC(=O)c1nc(Cl)c2nc(C(C)=O)nc(Cl)c2n1. The third kappa shape index (κ3) is 2.16. The standard InChI is InChI=1S/C10H6Cl2N4O2/c1-3(17)9-13-5-6(7(11)15-9)14-10(4(2)18)16-8(5)12/h1-2H3.